The molecule has 2 rings (SSSR count). The number of rotatable bonds is 7. The molecule has 0 aliphatic heterocycles. The summed E-state index contributed by atoms with van der Waals surface area (Å²) in [5.41, 5.74) is 1.53. The van der Waals surface area contributed by atoms with E-state index in [4.69, 9.17) is 16.3 Å². The molecular formula is C14H18ClNO2. The lowest BCUT2D eigenvalue weighted by atomic mass is 10.2. The second-order valence-corrected chi connectivity index (χ2v) is 5.18. The Bertz CT molecular complexity index is 418. The number of benzene rings is 1. The molecule has 0 radical (unpaired) electrons. The number of likely N-dealkylation sites (N-methyl/N-ethyl adjacent to an activating group) is 1. The average Bonchev–Trinajstić information content (AvgIpc) is 3.18. The molecule has 1 fully saturated rings. The zero-order valence-corrected chi connectivity index (χ0v) is 11.3. The number of halogens is 1. The van der Waals surface area contributed by atoms with Crippen LogP contribution in [0, 0.1) is 5.92 Å². The predicted octanol–water partition coefficient (Wildman–Crippen LogP) is 3.02. The van der Waals surface area contributed by atoms with Crippen LogP contribution in [0.2, 0.25) is 5.02 Å². The van der Waals surface area contributed by atoms with Crippen molar-refractivity contribution in [2.75, 3.05) is 31.7 Å². The van der Waals surface area contributed by atoms with Gasteiger partial charge in [-0.05, 0) is 37.0 Å². The maximum absolute atomic E-state index is 10.6. The van der Waals surface area contributed by atoms with Crippen molar-refractivity contribution >= 4 is 23.6 Å². The van der Waals surface area contributed by atoms with Gasteiger partial charge in [0.25, 0.3) is 0 Å². The van der Waals surface area contributed by atoms with Crippen LogP contribution in [0.4, 0.5) is 5.69 Å². The van der Waals surface area contributed by atoms with Gasteiger partial charge in [0, 0.05) is 25.8 Å². The zero-order valence-electron chi connectivity index (χ0n) is 10.6. The lowest BCUT2D eigenvalue weighted by Gasteiger charge is -2.20. The van der Waals surface area contributed by atoms with Crippen molar-refractivity contribution in [3.63, 3.8) is 0 Å². The second-order valence-electron chi connectivity index (χ2n) is 4.77. The number of aldehydes is 1. The smallest absolute Gasteiger partial charge is 0.150 e. The van der Waals surface area contributed by atoms with Gasteiger partial charge in [-0.15, -0.1) is 0 Å². The van der Waals surface area contributed by atoms with Crippen LogP contribution in [0.3, 0.4) is 0 Å². The Kier molecular flexibility index (Phi) is 4.61. The van der Waals surface area contributed by atoms with E-state index in [0.29, 0.717) is 17.2 Å². The lowest BCUT2D eigenvalue weighted by Crippen LogP contribution is -2.23. The van der Waals surface area contributed by atoms with Gasteiger partial charge in [0.2, 0.25) is 0 Å². The highest BCUT2D eigenvalue weighted by Gasteiger charge is 2.21. The SMILES string of the molecule is CN(CCOCC1CC1)c1ccc(C=O)cc1Cl. The summed E-state index contributed by atoms with van der Waals surface area (Å²) in [6.07, 6.45) is 3.43. The molecule has 1 saturated carbocycles. The summed E-state index contributed by atoms with van der Waals surface area (Å²) < 4.78 is 5.59. The highest BCUT2D eigenvalue weighted by molar-refractivity contribution is 6.33. The summed E-state index contributed by atoms with van der Waals surface area (Å²) in [6.45, 7) is 2.39. The molecule has 0 atom stereocenters. The third kappa shape index (κ3) is 3.72. The molecule has 0 bridgehead atoms. The van der Waals surface area contributed by atoms with Crippen molar-refractivity contribution in [3.05, 3.63) is 28.8 Å². The van der Waals surface area contributed by atoms with Crippen LogP contribution >= 0.6 is 11.6 Å². The minimum absolute atomic E-state index is 0.599. The van der Waals surface area contributed by atoms with E-state index in [1.165, 1.54) is 12.8 Å². The van der Waals surface area contributed by atoms with E-state index < -0.39 is 0 Å². The molecule has 0 heterocycles. The fourth-order valence-corrected chi connectivity index (χ4v) is 2.10. The number of anilines is 1. The first-order valence-electron chi connectivity index (χ1n) is 6.24. The van der Waals surface area contributed by atoms with E-state index >= 15 is 0 Å². The van der Waals surface area contributed by atoms with E-state index in [-0.39, 0.29) is 0 Å². The van der Waals surface area contributed by atoms with Crippen LogP contribution in [0.5, 0.6) is 0 Å². The van der Waals surface area contributed by atoms with Gasteiger partial charge in [-0.2, -0.15) is 0 Å². The van der Waals surface area contributed by atoms with E-state index in [2.05, 4.69) is 0 Å². The molecule has 98 valence electrons. The van der Waals surface area contributed by atoms with Gasteiger partial charge >= 0.3 is 0 Å². The van der Waals surface area contributed by atoms with Gasteiger partial charge in [-0.25, -0.2) is 0 Å². The van der Waals surface area contributed by atoms with Crippen molar-refractivity contribution in [2.45, 2.75) is 12.8 Å². The average molecular weight is 268 g/mol. The van der Waals surface area contributed by atoms with E-state index in [1.54, 1.807) is 12.1 Å². The summed E-state index contributed by atoms with van der Waals surface area (Å²) >= 11 is 6.13. The number of hydrogen-bond acceptors (Lipinski definition) is 3. The molecule has 18 heavy (non-hydrogen) atoms. The predicted molar refractivity (Wildman–Crippen MR) is 73.7 cm³/mol. The Labute approximate surface area is 113 Å². The van der Waals surface area contributed by atoms with Crippen molar-refractivity contribution < 1.29 is 9.53 Å². The molecule has 1 aliphatic carbocycles. The van der Waals surface area contributed by atoms with Crippen molar-refractivity contribution in [1.82, 2.24) is 0 Å². The van der Waals surface area contributed by atoms with E-state index in [9.17, 15) is 4.79 Å². The monoisotopic (exact) mass is 267 g/mol. The summed E-state index contributed by atoms with van der Waals surface area (Å²) in [6, 6.07) is 5.33. The zero-order chi connectivity index (χ0) is 13.0. The van der Waals surface area contributed by atoms with Gasteiger partial charge in [0.15, 0.2) is 0 Å². The summed E-state index contributed by atoms with van der Waals surface area (Å²) in [5.74, 6) is 0.797. The van der Waals surface area contributed by atoms with Gasteiger partial charge in [0.1, 0.15) is 6.29 Å². The summed E-state index contributed by atoms with van der Waals surface area (Å²) in [4.78, 5) is 12.7. The van der Waals surface area contributed by atoms with Gasteiger partial charge in [-0.1, -0.05) is 11.6 Å². The molecule has 0 N–H and O–H groups in total. The normalized spacial score (nSPS) is 14.6. The molecule has 0 aromatic heterocycles. The molecule has 1 aliphatic rings. The summed E-state index contributed by atoms with van der Waals surface area (Å²) in [5, 5.41) is 0.601. The van der Waals surface area contributed by atoms with Crippen LogP contribution in [0.1, 0.15) is 23.2 Å². The van der Waals surface area contributed by atoms with E-state index in [1.807, 2.05) is 18.0 Å². The number of carbonyl (C=O) groups is 1. The summed E-state index contributed by atoms with van der Waals surface area (Å²) in [7, 11) is 1.97. The standard InChI is InChI=1S/C14H18ClNO2/c1-16(6-7-18-10-11-2-3-11)14-5-4-12(9-17)8-13(14)15/h4-5,8-9,11H,2-3,6-7,10H2,1H3. The number of hydrogen-bond donors (Lipinski definition) is 0. The minimum atomic E-state index is 0.599. The lowest BCUT2D eigenvalue weighted by molar-refractivity contribution is 0.112. The van der Waals surface area contributed by atoms with E-state index in [0.717, 1.165) is 31.0 Å². The highest BCUT2D eigenvalue weighted by atomic mass is 35.5. The largest absolute Gasteiger partial charge is 0.379 e. The molecule has 0 saturated heterocycles. The molecule has 4 heteroatoms. The van der Waals surface area contributed by atoms with Crippen LogP contribution < -0.4 is 4.90 Å². The highest BCUT2D eigenvalue weighted by Crippen LogP contribution is 2.29. The Hall–Kier alpha value is -1.06. The van der Waals surface area contributed by atoms with Crippen LogP contribution in [0.25, 0.3) is 0 Å². The Morgan fingerprint density at radius 3 is 2.89 bits per heavy atom. The quantitative estimate of drug-likeness (QED) is 0.562. The van der Waals surface area contributed by atoms with Crippen molar-refractivity contribution in [3.8, 4) is 0 Å². The Morgan fingerprint density at radius 2 is 2.28 bits per heavy atom. The first kappa shape index (κ1) is 13.4. The van der Waals surface area contributed by atoms with Crippen molar-refractivity contribution in [2.24, 2.45) is 5.92 Å². The molecule has 1 aromatic carbocycles. The fourth-order valence-electron chi connectivity index (χ4n) is 1.76. The molecule has 0 unspecified atom stereocenters. The first-order valence-corrected chi connectivity index (χ1v) is 6.62. The fraction of sp³-hybridized carbons (Fsp3) is 0.500. The third-order valence-electron chi connectivity index (χ3n) is 3.14. The molecule has 0 amide bonds. The molecule has 3 nitrogen and oxygen atoms in total. The Balaban J connectivity index is 1.82. The topological polar surface area (TPSA) is 29.5 Å². The van der Waals surface area contributed by atoms with Crippen LogP contribution in [0.15, 0.2) is 18.2 Å². The first-order chi connectivity index (χ1) is 8.70. The Morgan fingerprint density at radius 1 is 1.50 bits per heavy atom. The van der Waals surface area contributed by atoms with Gasteiger partial charge in [0.05, 0.1) is 17.3 Å². The van der Waals surface area contributed by atoms with Crippen LogP contribution in [-0.4, -0.2) is 33.1 Å². The third-order valence-corrected chi connectivity index (χ3v) is 3.44. The van der Waals surface area contributed by atoms with Crippen molar-refractivity contribution in [1.29, 1.82) is 0 Å². The number of ether oxygens (including phenoxy) is 1. The van der Waals surface area contributed by atoms with Crippen LogP contribution in [-0.2, 0) is 4.74 Å². The van der Waals surface area contributed by atoms with Gasteiger partial charge in [-0.3, -0.25) is 4.79 Å². The van der Waals surface area contributed by atoms with Gasteiger partial charge < -0.3 is 9.64 Å². The number of nitrogens with zero attached hydrogens (tertiary/aromatic N) is 1. The molecular weight excluding hydrogens is 250 g/mol. The second kappa shape index (κ2) is 6.21. The molecule has 0 spiro atoms. The maximum Gasteiger partial charge on any atom is 0.150 e. The minimum Gasteiger partial charge on any atom is -0.379 e. The molecule has 1 aromatic rings. The number of carbonyl (C=O) groups excluding carboxylic acids is 1. The maximum atomic E-state index is 10.6.